The summed E-state index contributed by atoms with van der Waals surface area (Å²) in [4.78, 5) is 4.25. The fourth-order valence-corrected chi connectivity index (χ4v) is 3.31. The molecule has 1 atom stereocenters. The van der Waals surface area contributed by atoms with E-state index in [1.165, 1.54) is 11.1 Å². The molecule has 2 aromatic rings. The van der Waals surface area contributed by atoms with Gasteiger partial charge in [0.15, 0.2) is 5.16 Å². The maximum atomic E-state index is 4.25. The molecule has 0 fully saturated rings. The maximum Gasteiger partial charge on any atom is 0.185 e. The quantitative estimate of drug-likeness (QED) is 0.798. The SMILES string of the molecule is CNC(CSc1ncnn1C)c1ccc(CC(C)C)cc1. The minimum Gasteiger partial charge on any atom is -0.312 e. The zero-order valence-corrected chi connectivity index (χ0v) is 14.0. The summed E-state index contributed by atoms with van der Waals surface area (Å²) < 4.78 is 1.81. The summed E-state index contributed by atoms with van der Waals surface area (Å²) in [5.74, 6) is 1.63. The molecule has 0 spiro atoms. The predicted molar refractivity (Wildman–Crippen MR) is 88.5 cm³/mol. The van der Waals surface area contributed by atoms with Crippen LogP contribution in [0, 0.1) is 5.92 Å². The van der Waals surface area contributed by atoms with Crippen molar-refractivity contribution in [3.05, 3.63) is 41.7 Å². The number of nitrogens with one attached hydrogen (secondary N) is 1. The number of nitrogens with zero attached hydrogens (tertiary/aromatic N) is 3. The molecule has 0 saturated carbocycles. The van der Waals surface area contributed by atoms with Crippen molar-refractivity contribution < 1.29 is 0 Å². The summed E-state index contributed by atoms with van der Waals surface area (Å²) in [7, 11) is 3.92. The smallest absolute Gasteiger partial charge is 0.185 e. The molecule has 5 heteroatoms. The normalized spacial score (nSPS) is 12.8. The lowest BCUT2D eigenvalue weighted by Gasteiger charge is -2.16. The molecule has 1 aromatic heterocycles. The van der Waals surface area contributed by atoms with Crippen molar-refractivity contribution in [1.82, 2.24) is 20.1 Å². The Kier molecular flexibility index (Phi) is 5.82. The molecule has 4 nitrogen and oxygen atoms in total. The summed E-state index contributed by atoms with van der Waals surface area (Å²) in [6.07, 6.45) is 2.73. The van der Waals surface area contributed by atoms with E-state index >= 15 is 0 Å². The molecule has 1 heterocycles. The Hall–Kier alpha value is -1.33. The summed E-state index contributed by atoms with van der Waals surface area (Å²) in [6, 6.07) is 9.27. The first-order valence-electron chi connectivity index (χ1n) is 7.33. The van der Waals surface area contributed by atoms with Crippen LogP contribution >= 0.6 is 11.8 Å². The Morgan fingerprint density at radius 2 is 1.95 bits per heavy atom. The highest BCUT2D eigenvalue weighted by atomic mass is 32.2. The second kappa shape index (κ2) is 7.61. The molecule has 1 aromatic carbocycles. The van der Waals surface area contributed by atoms with Crippen LogP contribution in [0.1, 0.15) is 31.0 Å². The zero-order valence-electron chi connectivity index (χ0n) is 13.2. The van der Waals surface area contributed by atoms with Gasteiger partial charge in [-0.3, -0.25) is 0 Å². The van der Waals surface area contributed by atoms with Gasteiger partial charge in [0, 0.05) is 18.8 Å². The van der Waals surface area contributed by atoms with Gasteiger partial charge in [0.05, 0.1) is 0 Å². The molecular formula is C16H24N4S. The van der Waals surface area contributed by atoms with Crippen LogP contribution in [0.15, 0.2) is 35.7 Å². The minimum atomic E-state index is 0.319. The molecule has 0 saturated heterocycles. The van der Waals surface area contributed by atoms with Crippen LogP contribution in [-0.4, -0.2) is 27.6 Å². The molecule has 21 heavy (non-hydrogen) atoms. The second-order valence-corrected chi connectivity index (χ2v) is 6.65. The third-order valence-corrected chi connectivity index (χ3v) is 4.55. The van der Waals surface area contributed by atoms with Gasteiger partial charge in [0.2, 0.25) is 0 Å². The summed E-state index contributed by atoms with van der Waals surface area (Å²) in [5.41, 5.74) is 2.73. The lowest BCUT2D eigenvalue weighted by molar-refractivity contribution is 0.642. The molecule has 0 aliphatic rings. The summed E-state index contributed by atoms with van der Waals surface area (Å²) in [6.45, 7) is 4.50. The number of benzene rings is 1. The highest BCUT2D eigenvalue weighted by Crippen LogP contribution is 2.23. The third kappa shape index (κ3) is 4.58. The molecule has 0 aliphatic heterocycles. The third-order valence-electron chi connectivity index (χ3n) is 3.42. The average Bonchev–Trinajstić information content (AvgIpc) is 2.86. The van der Waals surface area contributed by atoms with Crippen LogP contribution in [0.4, 0.5) is 0 Å². The standard InChI is InChI=1S/C16H24N4S/c1-12(2)9-13-5-7-14(8-6-13)15(17-3)10-21-16-18-11-19-20(16)4/h5-8,11-12,15,17H,9-10H2,1-4H3. The van der Waals surface area contributed by atoms with Crippen molar-refractivity contribution in [1.29, 1.82) is 0 Å². The van der Waals surface area contributed by atoms with E-state index in [1.807, 2.05) is 18.8 Å². The van der Waals surface area contributed by atoms with Gasteiger partial charge in [0.1, 0.15) is 6.33 Å². The predicted octanol–water partition coefficient (Wildman–Crippen LogP) is 3.07. The highest BCUT2D eigenvalue weighted by Gasteiger charge is 2.12. The van der Waals surface area contributed by atoms with E-state index in [-0.39, 0.29) is 0 Å². The Morgan fingerprint density at radius 3 is 2.48 bits per heavy atom. The lowest BCUT2D eigenvalue weighted by Crippen LogP contribution is -2.19. The fourth-order valence-electron chi connectivity index (χ4n) is 2.28. The van der Waals surface area contributed by atoms with E-state index in [2.05, 4.69) is 53.5 Å². The largest absolute Gasteiger partial charge is 0.312 e. The average molecular weight is 304 g/mol. The van der Waals surface area contributed by atoms with Gasteiger partial charge in [-0.05, 0) is 30.5 Å². The van der Waals surface area contributed by atoms with Gasteiger partial charge in [-0.25, -0.2) is 9.67 Å². The van der Waals surface area contributed by atoms with E-state index in [1.54, 1.807) is 18.1 Å². The zero-order chi connectivity index (χ0) is 15.2. The molecular weight excluding hydrogens is 280 g/mol. The first kappa shape index (κ1) is 16.0. The van der Waals surface area contributed by atoms with Gasteiger partial charge in [-0.15, -0.1) is 0 Å². The van der Waals surface area contributed by atoms with Gasteiger partial charge in [-0.1, -0.05) is 49.9 Å². The van der Waals surface area contributed by atoms with E-state index in [4.69, 9.17) is 0 Å². The van der Waals surface area contributed by atoms with E-state index in [0.29, 0.717) is 12.0 Å². The fraction of sp³-hybridized carbons (Fsp3) is 0.500. The molecule has 1 N–H and O–H groups in total. The van der Waals surface area contributed by atoms with Gasteiger partial charge in [0.25, 0.3) is 0 Å². The van der Waals surface area contributed by atoms with Crippen LogP contribution in [0.3, 0.4) is 0 Å². The van der Waals surface area contributed by atoms with Crippen molar-refractivity contribution >= 4 is 11.8 Å². The van der Waals surface area contributed by atoms with Crippen molar-refractivity contribution in [3.63, 3.8) is 0 Å². The van der Waals surface area contributed by atoms with Gasteiger partial charge >= 0.3 is 0 Å². The number of aryl methyl sites for hydroxylation is 1. The van der Waals surface area contributed by atoms with Gasteiger partial charge < -0.3 is 5.32 Å². The Balaban J connectivity index is 1.98. The van der Waals surface area contributed by atoms with E-state index in [9.17, 15) is 0 Å². The molecule has 2 rings (SSSR count). The molecule has 0 aliphatic carbocycles. The summed E-state index contributed by atoms with van der Waals surface area (Å²) >= 11 is 1.72. The Bertz CT molecular complexity index is 548. The Morgan fingerprint density at radius 1 is 1.24 bits per heavy atom. The molecule has 114 valence electrons. The van der Waals surface area contributed by atoms with E-state index < -0.39 is 0 Å². The number of hydrogen-bond donors (Lipinski definition) is 1. The topological polar surface area (TPSA) is 42.7 Å². The first-order valence-corrected chi connectivity index (χ1v) is 8.31. The number of hydrogen-bond acceptors (Lipinski definition) is 4. The van der Waals surface area contributed by atoms with Crippen LogP contribution < -0.4 is 5.32 Å². The first-order chi connectivity index (χ1) is 10.1. The maximum absolute atomic E-state index is 4.25. The summed E-state index contributed by atoms with van der Waals surface area (Å²) in [5, 5.41) is 8.43. The highest BCUT2D eigenvalue weighted by molar-refractivity contribution is 7.99. The molecule has 1 unspecified atom stereocenters. The van der Waals surface area contributed by atoms with Crippen LogP contribution in [-0.2, 0) is 13.5 Å². The van der Waals surface area contributed by atoms with Gasteiger partial charge in [-0.2, -0.15) is 5.10 Å². The van der Waals surface area contributed by atoms with Crippen molar-refractivity contribution in [2.24, 2.45) is 13.0 Å². The van der Waals surface area contributed by atoms with Crippen molar-refractivity contribution in [2.75, 3.05) is 12.8 Å². The van der Waals surface area contributed by atoms with Crippen molar-refractivity contribution in [2.45, 2.75) is 31.5 Å². The number of thioether (sulfide) groups is 1. The number of aromatic nitrogens is 3. The van der Waals surface area contributed by atoms with Crippen LogP contribution in [0.25, 0.3) is 0 Å². The van der Waals surface area contributed by atoms with Crippen LogP contribution in [0.5, 0.6) is 0 Å². The van der Waals surface area contributed by atoms with Crippen molar-refractivity contribution in [3.8, 4) is 0 Å². The minimum absolute atomic E-state index is 0.319. The molecule has 0 amide bonds. The molecule has 0 bridgehead atoms. The lowest BCUT2D eigenvalue weighted by atomic mass is 10.00. The number of rotatable bonds is 7. The monoisotopic (exact) mass is 304 g/mol. The second-order valence-electron chi connectivity index (χ2n) is 5.66. The van der Waals surface area contributed by atoms with E-state index in [0.717, 1.165) is 17.3 Å². The van der Waals surface area contributed by atoms with Crippen LogP contribution in [0.2, 0.25) is 0 Å². The Labute approximate surface area is 131 Å². The molecule has 0 radical (unpaired) electrons.